The summed E-state index contributed by atoms with van der Waals surface area (Å²) >= 11 is 0. The normalized spacial score (nSPS) is 13.5. The maximum Gasteiger partial charge on any atom is 0.408 e. The smallest absolute Gasteiger partial charge is 0.408 e. The molecule has 0 aliphatic heterocycles. The van der Waals surface area contributed by atoms with Crippen LogP contribution in [0.2, 0.25) is 0 Å². The van der Waals surface area contributed by atoms with Crippen molar-refractivity contribution in [3.8, 4) is 0 Å². The van der Waals surface area contributed by atoms with Gasteiger partial charge in [0.1, 0.15) is 11.7 Å². The first-order valence-electron chi connectivity index (χ1n) is 6.33. The third kappa shape index (κ3) is 5.30. The van der Waals surface area contributed by atoms with Crippen molar-refractivity contribution in [2.24, 2.45) is 5.41 Å². The van der Waals surface area contributed by atoms with Crippen molar-refractivity contribution in [1.82, 2.24) is 15.3 Å². The SMILES string of the molecule is CC(C)(C)CC(NC(=O)c1cnc(C(=O)O)cn1)C(F)(F)F. The van der Waals surface area contributed by atoms with Crippen LogP contribution in [0.5, 0.6) is 0 Å². The minimum absolute atomic E-state index is 0.303. The van der Waals surface area contributed by atoms with Crippen LogP contribution in [0.25, 0.3) is 0 Å². The molecule has 0 radical (unpaired) electrons. The van der Waals surface area contributed by atoms with Crippen LogP contribution in [0.3, 0.4) is 0 Å². The van der Waals surface area contributed by atoms with Crippen LogP contribution in [0.1, 0.15) is 48.2 Å². The molecule has 0 fully saturated rings. The molecule has 122 valence electrons. The van der Waals surface area contributed by atoms with Gasteiger partial charge in [-0.05, 0) is 11.8 Å². The molecular formula is C13H16F3N3O3. The number of nitrogens with one attached hydrogen (secondary N) is 1. The lowest BCUT2D eigenvalue weighted by atomic mass is 9.88. The number of carboxylic acids is 1. The summed E-state index contributed by atoms with van der Waals surface area (Å²) in [4.78, 5) is 29.4. The molecule has 0 saturated carbocycles. The fourth-order valence-corrected chi connectivity index (χ4v) is 1.65. The quantitative estimate of drug-likeness (QED) is 0.888. The van der Waals surface area contributed by atoms with Gasteiger partial charge in [-0.25, -0.2) is 14.8 Å². The summed E-state index contributed by atoms with van der Waals surface area (Å²) in [6.07, 6.45) is -3.27. The van der Waals surface area contributed by atoms with Crippen LogP contribution >= 0.6 is 0 Å². The van der Waals surface area contributed by atoms with Gasteiger partial charge < -0.3 is 10.4 Å². The zero-order chi connectivity index (χ0) is 17.1. The zero-order valence-electron chi connectivity index (χ0n) is 12.2. The topological polar surface area (TPSA) is 92.2 Å². The van der Waals surface area contributed by atoms with E-state index in [9.17, 15) is 22.8 Å². The van der Waals surface area contributed by atoms with Crippen molar-refractivity contribution in [2.45, 2.75) is 39.4 Å². The number of carbonyl (C=O) groups excluding carboxylic acids is 1. The summed E-state index contributed by atoms with van der Waals surface area (Å²) in [6.45, 7) is 4.87. The second kappa shape index (κ2) is 6.29. The van der Waals surface area contributed by atoms with E-state index in [0.29, 0.717) is 0 Å². The molecule has 1 heterocycles. The zero-order valence-corrected chi connectivity index (χ0v) is 12.2. The Bertz CT molecular complexity index is 550. The molecule has 1 rings (SSSR count). The minimum atomic E-state index is -4.60. The predicted molar refractivity (Wildman–Crippen MR) is 70.4 cm³/mol. The summed E-state index contributed by atoms with van der Waals surface area (Å²) in [5.74, 6) is -2.41. The van der Waals surface area contributed by atoms with E-state index in [1.54, 1.807) is 20.8 Å². The first-order valence-corrected chi connectivity index (χ1v) is 6.33. The molecule has 1 aromatic heterocycles. The number of hydrogen-bond donors (Lipinski definition) is 2. The number of rotatable bonds is 4. The standard InChI is InChI=1S/C13H16F3N3O3/c1-12(2,3)4-9(13(14,15)16)19-10(20)7-5-18-8(6-17-7)11(21)22/h5-6,9H,4H2,1-3H3,(H,19,20)(H,21,22). The summed E-state index contributed by atoms with van der Waals surface area (Å²) in [6, 6.07) is -2.03. The van der Waals surface area contributed by atoms with Crippen LogP contribution in [-0.4, -0.2) is 39.2 Å². The van der Waals surface area contributed by atoms with Crippen molar-refractivity contribution >= 4 is 11.9 Å². The Morgan fingerprint density at radius 3 is 2.05 bits per heavy atom. The number of halogens is 3. The van der Waals surface area contributed by atoms with Gasteiger partial charge in [-0.2, -0.15) is 13.2 Å². The Kier molecular flexibility index (Phi) is 5.10. The number of hydrogen-bond acceptors (Lipinski definition) is 4. The highest BCUT2D eigenvalue weighted by Crippen LogP contribution is 2.30. The first kappa shape index (κ1) is 17.9. The van der Waals surface area contributed by atoms with Gasteiger partial charge in [0.15, 0.2) is 5.69 Å². The van der Waals surface area contributed by atoms with E-state index in [0.717, 1.165) is 12.4 Å². The number of aromatic nitrogens is 2. The van der Waals surface area contributed by atoms with Gasteiger partial charge >= 0.3 is 12.1 Å². The molecule has 1 unspecified atom stereocenters. The van der Waals surface area contributed by atoms with Crippen molar-refractivity contribution in [1.29, 1.82) is 0 Å². The summed E-state index contributed by atoms with van der Waals surface area (Å²) in [5.41, 5.74) is -1.43. The van der Waals surface area contributed by atoms with Gasteiger partial charge in [0, 0.05) is 0 Å². The monoisotopic (exact) mass is 319 g/mol. The third-order valence-electron chi connectivity index (χ3n) is 2.62. The molecular weight excluding hydrogens is 303 g/mol. The second-order valence-electron chi connectivity index (χ2n) is 5.92. The number of aromatic carboxylic acids is 1. The van der Waals surface area contributed by atoms with Gasteiger partial charge in [-0.15, -0.1) is 0 Å². The fourth-order valence-electron chi connectivity index (χ4n) is 1.65. The van der Waals surface area contributed by atoms with Gasteiger partial charge in [-0.1, -0.05) is 20.8 Å². The van der Waals surface area contributed by atoms with Gasteiger partial charge in [-0.3, -0.25) is 4.79 Å². The Labute approximate surface area is 124 Å². The molecule has 0 spiro atoms. The number of carbonyl (C=O) groups is 2. The van der Waals surface area contributed by atoms with Gasteiger partial charge in [0.2, 0.25) is 0 Å². The summed E-state index contributed by atoms with van der Waals surface area (Å²) in [7, 11) is 0. The first-order chi connectivity index (χ1) is 9.90. The van der Waals surface area contributed by atoms with E-state index in [1.165, 1.54) is 0 Å². The molecule has 1 amide bonds. The lowest BCUT2D eigenvalue weighted by Crippen LogP contribution is -2.47. The molecule has 6 nitrogen and oxygen atoms in total. The predicted octanol–water partition coefficient (Wildman–Crippen LogP) is 2.27. The molecule has 1 aromatic rings. The average molecular weight is 319 g/mol. The maximum absolute atomic E-state index is 13.0. The van der Waals surface area contributed by atoms with Crippen molar-refractivity contribution in [3.63, 3.8) is 0 Å². The lowest BCUT2D eigenvalue weighted by molar-refractivity contribution is -0.159. The van der Waals surface area contributed by atoms with E-state index < -0.39 is 35.2 Å². The van der Waals surface area contributed by atoms with E-state index in [-0.39, 0.29) is 12.1 Å². The Hall–Kier alpha value is -2.19. The number of carboxylic acid groups (broad SMARTS) is 1. The Morgan fingerprint density at radius 2 is 1.68 bits per heavy atom. The van der Waals surface area contributed by atoms with Gasteiger partial charge in [0.25, 0.3) is 5.91 Å². The lowest BCUT2D eigenvalue weighted by Gasteiger charge is -2.28. The van der Waals surface area contributed by atoms with Crippen molar-refractivity contribution < 1.29 is 27.9 Å². The molecule has 0 aliphatic carbocycles. The van der Waals surface area contributed by atoms with E-state index in [1.807, 2.05) is 5.32 Å². The summed E-state index contributed by atoms with van der Waals surface area (Å²) < 4.78 is 38.9. The van der Waals surface area contributed by atoms with Crippen molar-refractivity contribution in [2.75, 3.05) is 0 Å². The van der Waals surface area contributed by atoms with E-state index in [2.05, 4.69) is 9.97 Å². The Balaban J connectivity index is 2.89. The maximum atomic E-state index is 13.0. The molecule has 0 aromatic carbocycles. The molecule has 22 heavy (non-hydrogen) atoms. The minimum Gasteiger partial charge on any atom is -0.476 e. The summed E-state index contributed by atoms with van der Waals surface area (Å²) in [5, 5.41) is 10.5. The highest BCUT2D eigenvalue weighted by atomic mass is 19.4. The van der Waals surface area contributed by atoms with Gasteiger partial charge in [0.05, 0.1) is 12.4 Å². The number of nitrogens with zero attached hydrogens (tertiary/aromatic N) is 2. The largest absolute Gasteiger partial charge is 0.476 e. The van der Waals surface area contributed by atoms with E-state index >= 15 is 0 Å². The van der Waals surface area contributed by atoms with Crippen LogP contribution in [0.4, 0.5) is 13.2 Å². The molecule has 0 bridgehead atoms. The number of alkyl halides is 3. The highest BCUT2D eigenvalue weighted by molar-refractivity contribution is 5.93. The average Bonchev–Trinajstić information content (AvgIpc) is 2.35. The molecule has 0 aliphatic rings. The fraction of sp³-hybridized carbons (Fsp3) is 0.538. The molecule has 0 saturated heterocycles. The van der Waals surface area contributed by atoms with Crippen LogP contribution in [0, 0.1) is 5.41 Å². The van der Waals surface area contributed by atoms with Crippen LogP contribution in [0.15, 0.2) is 12.4 Å². The van der Waals surface area contributed by atoms with Crippen LogP contribution in [-0.2, 0) is 0 Å². The van der Waals surface area contributed by atoms with Crippen LogP contribution < -0.4 is 5.32 Å². The molecule has 9 heteroatoms. The Morgan fingerprint density at radius 1 is 1.18 bits per heavy atom. The third-order valence-corrected chi connectivity index (χ3v) is 2.62. The van der Waals surface area contributed by atoms with Crippen molar-refractivity contribution in [3.05, 3.63) is 23.8 Å². The molecule has 2 N–H and O–H groups in total. The highest BCUT2D eigenvalue weighted by Gasteiger charge is 2.42. The number of amides is 1. The second-order valence-corrected chi connectivity index (χ2v) is 5.92. The molecule has 1 atom stereocenters. The van der Waals surface area contributed by atoms with E-state index in [4.69, 9.17) is 5.11 Å².